The average molecular weight is 348 g/mol. The van der Waals surface area contributed by atoms with Gasteiger partial charge in [-0.15, -0.1) is 0 Å². The van der Waals surface area contributed by atoms with Gasteiger partial charge in [-0.25, -0.2) is 8.78 Å². The average Bonchev–Trinajstić information content (AvgIpc) is 2.99. The van der Waals surface area contributed by atoms with Gasteiger partial charge < -0.3 is 10.2 Å². The molecule has 0 aliphatic rings. The molecule has 0 radical (unpaired) electrons. The molecule has 2 amide bonds. The number of halogens is 2. The number of benzene rings is 1. The van der Waals surface area contributed by atoms with Crippen LogP contribution < -0.4 is 10.2 Å². The van der Waals surface area contributed by atoms with Crippen molar-refractivity contribution in [1.29, 1.82) is 0 Å². The summed E-state index contributed by atoms with van der Waals surface area (Å²) in [7, 11) is 3.13. The van der Waals surface area contributed by atoms with E-state index in [4.69, 9.17) is 0 Å². The first kappa shape index (κ1) is 18.3. The van der Waals surface area contributed by atoms with Gasteiger partial charge in [-0.3, -0.25) is 14.3 Å². The Morgan fingerprint density at radius 1 is 1.36 bits per heavy atom. The molecule has 8 heteroatoms. The van der Waals surface area contributed by atoms with Crippen LogP contribution in [0.1, 0.15) is 28.0 Å². The largest absolute Gasteiger partial charge is 0.346 e. The van der Waals surface area contributed by atoms with Crippen molar-refractivity contribution in [3.8, 4) is 0 Å². The van der Waals surface area contributed by atoms with E-state index in [0.717, 1.165) is 0 Å². The Balaban J connectivity index is 2.04. The maximum atomic E-state index is 12.9. The lowest BCUT2D eigenvalue weighted by Crippen LogP contribution is -2.25. The summed E-state index contributed by atoms with van der Waals surface area (Å²) in [6.45, 7) is 3.31. The van der Waals surface area contributed by atoms with Crippen molar-refractivity contribution in [2.45, 2.75) is 13.0 Å². The molecule has 0 aliphatic carbocycles. The molecule has 0 fully saturated rings. The second-order valence-electron chi connectivity index (χ2n) is 5.34. The Hall–Kier alpha value is -3.03. The maximum absolute atomic E-state index is 12.9. The van der Waals surface area contributed by atoms with Crippen LogP contribution >= 0.6 is 0 Å². The van der Waals surface area contributed by atoms with Gasteiger partial charge >= 0.3 is 0 Å². The lowest BCUT2D eigenvalue weighted by Gasteiger charge is -2.15. The molecule has 132 valence electrons. The number of nitrogens with zero attached hydrogens (tertiary/aromatic N) is 3. The van der Waals surface area contributed by atoms with E-state index in [1.165, 1.54) is 28.9 Å². The molecule has 2 rings (SSSR count). The smallest absolute Gasteiger partial charge is 0.267 e. The molecule has 0 unspecified atom stereocenters. The highest BCUT2D eigenvalue weighted by molar-refractivity contribution is 6.01. The zero-order chi connectivity index (χ0) is 18.6. The first-order valence-corrected chi connectivity index (χ1v) is 7.42. The van der Waals surface area contributed by atoms with Crippen molar-refractivity contribution in [2.24, 2.45) is 7.05 Å². The Kier molecular flexibility index (Phi) is 5.63. The van der Waals surface area contributed by atoms with Gasteiger partial charge in [-0.2, -0.15) is 5.10 Å². The highest BCUT2D eigenvalue weighted by Gasteiger charge is 2.17. The summed E-state index contributed by atoms with van der Waals surface area (Å²) in [6, 6.07) is 6.32. The van der Waals surface area contributed by atoms with Crippen LogP contribution in [0.2, 0.25) is 0 Å². The van der Waals surface area contributed by atoms with E-state index in [-0.39, 0.29) is 23.7 Å². The quantitative estimate of drug-likeness (QED) is 0.816. The van der Waals surface area contributed by atoms with Gasteiger partial charge in [0.25, 0.3) is 12.3 Å². The fourth-order valence-electron chi connectivity index (χ4n) is 2.24. The van der Waals surface area contributed by atoms with Crippen molar-refractivity contribution >= 4 is 17.5 Å². The van der Waals surface area contributed by atoms with E-state index >= 15 is 0 Å². The molecule has 1 N–H and O–H groups in total. The van der Waals surface area contributed by atoms with Gasteiger partial charge in [-0.05, 0) is 30.3 Å². The topological polar surface area (TPSA) is 67.2 Å². The minimum Gasteiger partial charge on any atom is -0.346 e. The van der Waals surface area contributed by atoms with Crippen LogP contribution in [0.25, 0.3) is 0 Å². The molecule has 0 bridgehead atoms. The van der Waals surface area contributed by atoms with E-state index in [2.05, 4.69) is 17.0 Å². The summed E-state index contributed by atoms with van der Waals surface area (Å²) < 4.78 is 27.1. The van der Waals surface area contributed by atoms with Crippen LogP contribution in [0.15, 0.2) is 43.1 Å². The van der Waals surface area contributed by atoms with E-state index in [1.807, 2.05) is 0 Å². The summed E-state index contributed by atoms with van der Waals surface area (Å²) >= 11 is 0. The number of hydrogen-bond acceptors (Lipinski definition) is 3. The number of carbonyl (C=O) groups is 2. The first-order valence-electron chi connectivity index (χ1n) is 7.42. The number of aryl methyl sites for hydroxylation is 1. The van der Waals surface area contributed by atoms with Gasteiger partial charge in [0.2, 0.25) is 5.91 Å². The fourth-order valence-corrected chi connectivity index (χ4v) is 2.24. The van der Waals surface area contributed by atoms with Crippen LogP contribution in [0.5, 0.6) is 0 Å². The van der Waals surface area contributed by atoms with Crippen molar-refractivity contribution in [3.05, 3.63) is 59.9 Å². The number of anilines is 1. The Morgan fingerprint density at radius 2 is 2.00 bits per heavy atom. The fraction of sp³-hybridized carbons (Fsp3) is 0.235. The van der Waals surface area contributed by atoms with Crippen LogP contribution in [-0.4, -0.2) is 28.6 Å². The summed E-state index contributed by atoms with van der Waals surface area (Å²) in [4.78, 5) is 25.1. The number of carbonyl (C=O) groups excluding carboxylic acids is 2. The van der Waals surface area contributed by atoms with E-state index in [1.54, 1.807) is 31.3 Å². The summed E-state index contributed by atoms with van der Waals surface area (Å²) in [5, 5.41) is 6.49. The third kappa shape index (κ3) is 4.28. The number of nitrogens with one attached hydrogen (secondary N) is 1. The third-order valence-electron chi connectivity index (χ3n) is 3.61. The Bertz CT molecular complexity index is 784. The lowest BCUT2D eigenvalue weighted by atomic mass is 10.1. The van der Waals surface area contributed by atoms with Crippen molar-refractivity contribution < 1.29 is 18.4 Å². The summed E-state index contributed by atoms with van der Waals surface area (Å²) in [6.07, 6.45) is -0.237. The zero-order valence-electron chi connectivity index (χ0n) is 13.9. The molecule has 0 spiro atoms. The Morgan fingerprint density at radius 3 is 2.56 bits per heavy atom. The first-order chi connectivity index (χ1) is 11.8. The maximum Gasteiger partial charge on any atom is 0.267 e. The molecular weight excluding hydrogens is 330 g/mol. The lowest BCUT2D eigenvalue weighted by molar-refractivity contribution is -0.113. The molecule has 1 heterocycles. The number of likely N-dealkylation sites (N-methyl/N-ethyl adjacent to an activating group) is 1. The predicted octanol–water partition coefficient (Wildman–Crippen LogP) is 2.44. The van der Waals surface area contributed by atoms with Crippen molar-refractivity contribution in [1.82, 2.24) is 15.1 Å². The number of amides is 2. The summed E-state index contributed by atoms with van der Waals surface area (Å²) in [5.74, 6) is -0.693. The van der Waals surface area contributed by atoms with Crippen LogP contribution in [-0.2, 0) is 18.4 Å². The molecule has 1 aromatic heterocycles. The van der Waals surface area contributed by atoms with Gasteiger partial charge in [0.05, 0.1) is 17.8 Å². The summed E-state index contributed by atoms with van der Waals surface area (Å²) in [5.41, 5.74) is 0.866. The van der Waals surface area contributed by atoms with Gasteiger partial charge in [0, 0.05) is 31.5 Å². The molecule has 1 aromatic carbocycles. The molecule has 0 atom stereocenters. The molecule has 2 aromatic rings. The van der Waals surface area contributed by atoms with Crippen LogP contribution in [0.4, 0.5) is 14.5 Å². The van der Waals surface area contributed by atoms with Crippen LogP contribution in [0.3, 0.4) is 0 Å². The molecule has 25 heavy (non-hydrogen) atoms. The minimum absolute atomic E-state index is 0.101. The van der Waals surface area contributed by atoms with Gasteiger partial charge in [-0.1, -0.05) is 6.58 Å². The molecule has 0 saturated heterocycles. The van der Waals surface area contributed by atoms with E-state index in [0.29, 0.717) is 11.3 Å². The molecule has 0 aliphatic heterocycles. The minimum atomic E-state index is -2.65. The van der Waals surface area contributed by atoms with Crippen molar-refractivity contribution in [2.75, 3.05) is 11.9 Å². The van der Waals surface area contributed by atoms with Gasteiger partial charge in [0.1, 0.15) is 0 Å². The van der Waals surface area contributed by atoms with E-state index < -0.39 is 12.3 Å². The second-order valence-corrected chi connectivity index (χ2v) is 5.34. The number of aromatic nitrogens is 2. The highest BCUT2D eigenvalue weighted by atomic mass is 19.3. The monoisotopic (exact) mass is 348 g/mol. The number of hydrogen-bond donors (Lipinski definition) is 1. The van der Waals surface area contributed by atoms with Crippen LogP contribution in [0, 0.1) is 0 Å². The number of alkyl halides is 2. The van der Waals surface area contributed by atoms with Gasteiger partial charge in [0.15, 0.2) is 0 Å². The number of rotatable bonds is 6. The molecule has 6 nitrogen and oxygen atoms in total. The van der Waals surface area contributed by atoms with E-state index in [9.17, 15) is 18.4 Å². The molecular formula is C17H18F2N4O2. The highest BCUT2D eigenvalue weighted by Crippen LogP contribution is 2.21. The SMILES string of the molecule is C=CC(=O)N(C)c1ccc(C(=O)NCc2nn(C)cc2C(F)F)cc1. The second kappa shape index (κ2) is 7.69. The standard InChI is InChI=1S/C17H18F2N4O2/c1-4-15(24)23(3)12-7-5-11(6-8-12)17(25)20-9-14-13(16(18)19)10-22(2)21-14/h4-8,10,16H,1,9H2,2-3H3,(H,20,25). The third-order valence-corrected chi connectivity index (χ3v) is 3.61. The zero-order valence-corrected chi connectivity index (χ0v) is 13.9. The Labute approximate surface area is 143 Å². The van der Waals surface area contributed by atoms with Crippen molar-refractivity contribution in [3.63, 3.8) is 0 Å². The normalized spacial score (nSPS) is 10.6. The predicted molar refractivity (Wildman–Crippen MR) is 89.4 cm³/mol. The molecule has 0 saturated carbocycles.